The van der Waals surface area contributed by atoms with Crippen LogP contribution in [0.2, 0.25) is 0 Å². The van der Waals surface area contributed by atoms with Crippen molar-refractivity contribution in [1.29, 1.82) is 0 Å². The quantitative estimate of drug-likeness (QED) is 0.671. The average molecular weight is 217 g/mol. The van der Waals surface area contributed by atoms with Gasteiger partial charge in [-0.2, -0.15) is 0 Å². The van der Waals surface area contributed by atoms with Gasteiger partial charge in [0.15, 0.2) is 0 Å². The summed E-state index contributed by atoms with van der Waals surface area (Å²) in [5.74, 6) is -0.203. The molecule has 0 bridgehead atoms. The van der Waals surface area contributed by atoms with Crippen molar-refractivity contribution in [2.75, 3.05) is 27.3 Å². The van der Waals surface area contributed by atoms with Gasteiger partial charge >= 0.3 is 5.97 Å². The smallest absolute Gasteiger partial charge is 0.311 e. The van der Waals surface area contributed by atoms with Gasteiger partial charge in [-0.1, -0.05) is 6.92 Å². The van der Waals surface area contributed by atoms with E-state index >= 15 is 0 Å². The van der Waals surface area contributed by atoms with Gasteiger partial charge in [0.2, 0.25) is 0 Å². The van der Waals surface area contributed by atoms with Crippen LogP contribution >= 0.6 is 0 Å². The Morgan fingerprint density at radius 2 is 2.00 bits per heavy atom. The highest BCUT2D eigenvalue weighted by Gasteiger charge is 2.27. The van der Waals surface area contributed by atoms with E-state index in [0.29, 0.717) is 0 Å². The molecular formula is C11H23NO3. The van der Waals surface area contributed by atoms with E-state index in [0.717, 1.165) is 6.42 Å². The third-order valence-electron chi connectivity index (χ3n) is 2.78. The fourth-order valence-corrected chi connectivity index (χ4v) is 0.877. The molecule has 0 amide bonds. The lowest BCUT2D eigenvalue weighted by Crippen LogP contribution is -2.38. The highest BCUT2D eigenvalue weighted by molar-refractivity contribution is 5.75. The van der Waals surface area contributed by atoms with E-state index in [1.54, 1.807) is 0 Å². The van der Waals surface area contributed by atoms with Gasteiger partial charge < -0.3 is 14.7 Å². The summed E-state index contributed by atoms with van der Waals surface area (Å²) >= 11 is 0. The van der Waals surface area contributed by atoms with Crippen molar-refractivity contribution in [3.05, 3.63) is 0 Å². The van der Waals surface area contributed by atoms with Crippen molar-refractivity contribution in [3.8, 4) is 0 Å². The normalized spacial score (nSPS) is 14.1. The lowest BCUT2D eigenvalue weighted by molar-refractivity contribution is -0.156. The largest absolute Gasteiger partial charge is 0.464 e. The molecule has 0 aliphatic carbocycles. The molecule has 0 radical (unpaired) electrons. The Balaban J connectivity index is 4.10. The van der Waals surface area contributed by atoms with E-state index in [1.807, 2.05) is 39.8 Å². The molecule has 1 unspecified atom stereocenters. The maximum Gasteiger partial charge on any atom is 0.311 e. The Hall–Kier alpha value is -0.610. The first-order chi connectivity index (χ1) is 6.85. The molecule has 1 N–H and O–H groups in total. The van der Waals surface area contributed by atoms with Crippen molar-refractivity contribution in [2.24, 2.45) is 5.41 Å². The number of hydrogen-bond acceptors (Lipinski definition) is 4. The second-order valence-corrected chi connectivity index (χ2v) is 4.64. The van der Waals surface area contributed by atoms with Gasteiger partial charge in [-0.15, -0.1) is 0 Å². The first-order valence-electron chi connectivity index (χ1n) is 5.29. The first kappa shape index (κ1) is 14.4. The monoisotopic (exact) mass is 217 g/mol. The summed E-state index contributed by atoms with van der Waals surface area (Å²) in [6.07, 6.45) is 0.748. The third-order valence-corrected chi connectivity index (χ3v) is 2.78. The lowest BCUT2D eigenvalue weighted by Gasteiger charge is -2.25. The van der Waals surface area contributed by atoms with Crippen LogP contribution in [-0.2, 0) is 9.53 Å². The summed E-state index contributed by atoms with van der Waals surface area (Å²) in [6.45, 7) is 5.91. The maximum atomic E-state index is 11.6. The van der Waals surface area contributed by atoms with E-state index in [-0.39, 0.29) is 25.2 Å². The minimum absolute atomic E-state index is 0.00711. The van der Waals surface area contributed by atoms with E-state index in [1.165, 1.54) is 0 Å². The van der Waals surface area contributed by atoms with Crippen molar-refractivity contribution in [3.63, 3.8) is 0 Å². The summed E-state index contributed by atoms with van der Waals surface area (Å²) in [7, 11) is 3.69. The van der Waals surface area contributed by atoms with Gasteiger partial charge in [0.25, 0.3) is 0 Å². The second-order valence-electron chi connectivity index (χ2n) is 4.64. The van der Waals surface area contributed by atoms with Crippen LogP contribution < -0.4 is 0 Å². The first-order valence-corrected chi connectivity index (χ1v) is 5.29. The summed E-state index contributed by atoms with van der Waals surface area (Å²) < 4.78 is 5.17. The Kier molecular flexibility index (Phi) is 5.83. The van der Waals surface area contributed by atoms with E-state index in [2.05, 4.69) is 0 Å². The zero-order valence-corrected chi connectivity index (χ0v) is 10.4. The third kappa shape index (κ3) is 4.62. The molecule has 0 heterocycles. The molecule has 0 spiro atoms. The van der Waals surface area contributed by atoms with Crippen molar-refractivity contribution in [2.45, 2.75) is 33.2 Å². The molecule has 0 saturated carbocycles. The molecule has 4 nitrogen and oxygen atoms in total. The number of nitrogens with zero attached hydrogens (tertiary/aromatic N) is 1. The minimum Gasteiger partial charge on any atom is -0.464 e. The Bertz CT molecular complexity index is 202. The zero-order valence-electron chi connectivity index (χ0n) is 10.4. The molecule has 0 saturated heterocycles. The predicted octanol–water partition coefficient (Wildman–Crippen LogP) is 0.888. The summed E-state index contributed by atoms with van der Waals surface area (Å²) in [5, 5.41) is 9.04. The van der Waals surface area contributed by atoms with Gasteiger partial charge in [-0.3, -0.25) is 4.79 Å². The number of esters is 1. The minimum atomic E-state index is -0.438. The van der Waals surface area contributed by atoms with Crippen molar-refractivity contribution < 1.29 is 14.6 Å². The van der Waals surface area contributed by atoms with E-state index < -0.39 is 5.41 Å². The number of hydrogen-bond donors (Lipinski definition) is 1. The molecule has 15 heavy (non-hydrogen) atoms. The van der Waals surface area contributed by atoms with E-state index in [4.69, 9.17) is 9.84 Å². The summed E-state index contributed by atoms with van der Waals surface area (Å²) in [4.78, 5) is 13.5. The van der Waals surface area contributed by atoms with Crippen LogP contribution in [0.15, 0.2) is 0 Å². The SMILES string of the molecule is CCC(C)(C)C(=O)OCC(CO)N(C)C. The van der Waals surface area contributed by atoms with Gasteiger partial charge in [-0.05, 0) is 34.4 Å². The molecule has 90 valence electrons. The summed E-state index contributed by atoms with van der Waals surface area (Å²) in [5.41, 5.74) is -0.438. The topological polar surface area (TPSA) is 49.8 Å². The number of ether oxygens (including phenoxy) is 1. The number of carbonyl (C=O) groups excluding carboxylic acids is 1. The molecule has 0 aliphatic rings. The highest BCUT2D eigenvalue weighted by Crippen LogP contribution is 2.21. The number of likely N-dealkylation sites (N-methyl/N-ethyl adjacent to an activating group) is 1. The van der Waals surface area contributed by atoms with Crippen molar-refractivity contribution in [1.82, 2.24) is 4.90 Å². The van der Waals surface area contributed by atoms with Crippen LogP contribution in [0.3, 0.4) is 0 Å². The number of aliphatic hydroxyl groups excluding tert-OH is 1. The van der Waals surface area contributed by atoms with Gasteiger partial charge in [0, 0.05) is 0 Å². The molecule has 4 heteroatoms. The number of aliphatic hydroxyl groups is 1. The fourth-order valence-electron chi connectivity index (χ4n) is 0.877. The number of rotatable bonds is 6. The Morgan fingerprint density at radius 3 is 2.33 bits per heavy atom. The van der Waals surface area contributed by atoms with E-state index in [9.17, 15) is 4.79 Å². The Labute approximate surface area is 92.2 Å². The molecule has 0 aromatic carbocycles. The average Bonchev–Trinajstić information content (AvgIpc) is 2.17. The fraction of sp³-hybridized carbons (Fsp3) is 0.909. The standard InChI is InChI=1S/C11H23NO3/c1-6-11(2,3)10(14)15-8-9(7-13)12(4)5/h9,13H,6-8H2,1-5H3. The van der Waals surface area contributed by atoms with Crippen LogP contribution in [-0.4, -0.2) is 49.3 Å². The van der Waals surface area contributed by atoms with Crippen LogP contribution in [0.5, 0.6) is 0 Å². The van der Waals surface area contributed by atoms with Crippen molar-refractivity contribution >= 4 is 5.97 Å². The molecule has 0 aromatic rings. The highest BCUT2D eigenvalue weighted by atomic mass is 16.5. The maximum absolute atomic E-state index is 11.6. The van der Waals surface area contributed by atoms with Crippen LogP contribution in [0.25, 0.3) is 0 Å². The molecule has 0 aliphatic heterocycles. The van der Waals surface area contributed by atoms with Crippen LogP contribution in [0.4, 0.5) is 0 Å². The zero-order chi connectivity index (χ0) is 12.1. The molecule has 0 aromatic heterocycles. The summed E-state index contributed by atoms with van der Waals surface area (Å²) in [6, 6.07) is -0.124. The number of carbonyl (C=O) groups is 1. The molecule has 0 fully saturated rings. The van der Waals surface area contributed by atoms with Crippen LogP contribution in [0.1, 0.15) is 27.2 Å². The van der Waals surface area contributed by atoms with Gasteiger partial charge in [0.1, 0.15) is 6.61 Å². The molecular weight excluding hydrogens is 194 g/mol. The molecule has 1 atom stereocenters. The lowest BCUT2D eigenvalue weighted by atomic mass is 9.91. The Morgan fingerprint density at radius 1 is 1.47 bits per heavy atom. The second kappa shape index (κ2) is 6.08. The van der Waals surface area contributed by atoms with Gasteiger partial charge in [0.05, 0.1) is 18.1 Å². The van der Waals surface area contributed by atoms with Gasteiger partial charge in [-0.25, -0.2) is 0 Å². The predicted molar refractivity (Wildman–Crippen MR) is 59.6 cm³/mol. The molecule has 0 rings (SSSR count). The van der Waals surface area contributed by atoms with Crippen LogP contribution in [0, 0.1) is 5.41 Å².